The summed E-state index contributed by atoms with van der Waals surface area (Å²) >= 11 is 5.84. The van der Waals surface area contributed by atoms with Gasteiger partial charge in [0, 0.05) is 17.3 Å². The molecule has 1 saturated heterocycles. The van der Waals surface area contributed by atoms with Crippen molar-refractivity contribution in [2.75, 3.05) is 18.0 Å². The molecule has 1 aromatic rings. The predicted octanol–water partition coefficient (Wildman–Crippen LogP) is 1.62. The van der Waals surface area contributed by atoms with Crippen molar-refractivity contribution in [3.05, 3.63) is 29.3 Å². The van der Waals surface area contributed by atoms with Crippen LogP contribution < -0.4 is 10.6 Å². The average Bonchev–Trinajstić information content (AvgIpc) is 2.60. The van der Waals surface area contributed by atoms with Gasteiger partial charge in [-0.2, -0.15) is 0 Å². The number of hydrogen-bond donors (Lipinski definition) is 1. The summed E-state index contributed by atoms with van der Waals surface area (Å²) in [5.41, 5.74) is 6.18. The summed E-state index contributed by atoms with van der Waals surface area (Å²) in [4.78, 5) is 13.0. The van der Waals surface area contributed by atoms with Gasteiger partial charge < -0.3 is 10.5 Å². The Kier molecular flexibility index (Phi) is 2.79. The molecule has 0 spiro atoms. The molecule has 1 amide bonds. The first kappa shape index (κ1) is 10.3. The third-order valence-electron chi connectivity index (χ3n) is 2.26. The Labute approximate surface area is 92.6 Å². The number of nitrogens with zero attached hydrogens (tertiary/aromatic N) is 1. The summed E-state index contributed by atoms with van der Waals surface area (Å²) in [7, 11) is 0. The number of cyclic esters (lactones) is 1. The van der Waals surface area contributed by atoms with Crippen LogP contribution in [0.3, 0.4) is 0 Å². The maximum absolute atomic E-state index is 11.5. The van der Waals surface area contributed by atoms with Crippen LogP contribution in [-0.2, 0) is 4.74 Å². The van der Waals surface area contributed by atoms with Crippen molar-refractivity contribution >= 4 is 23.4 Å². The molecule has 2 rings (SSSR count). The number of halogens is 1. The molecule has 1 aliphatic rings. The van der Waals surface area contributed by atoms with Crippen LogP contribution in [0.1, 0.15) is 0 Å². The lowest BCUT2D eigenvalue weighted by Crippen LogP contribution is -2.27. The van der Waals surface area contributed by atoms with Crippen LogP contribution in [0, 0.1) is 0 Å². The molecule has 0 bridgehead atoms. The quantitative estimate of drug-likeness (QED) is 0.834. The first-order valence-electron chi connectivity index (χ1n) is 4.64. The van der Waals surface area contributed by atoms with Gasteiger partial charge in [-0.05, 0) is 18.2 Å². The Morgan fingerprint density at radius 3 is 3.00 bits per heavy atom. The van der Waals surface area contributed by atoms with Crippen LogP contribution in [0.25, 0.3) is 0 Å². The van der Waals surface area contributed by atoms with Crippen LogP contribution >= 0.6 is 11.6 Å². The van der Waals surface area contributed by atoms with E-state index in [9.17, 15) is 4.79 Å². The third kappa shape index (κ3) is 2.06. The Morgan fingerprint density at radius 1 is 1.60 bits per heavy atom. The molecule has 1 atom stereocenters. The maximum Gasteiger partial charge on any atom is 0.414 e. The molecule has 80 valence electrons. The summed E-state index contributed by atoms with van der Waals surface area (Å²) in [5, 5.41) is 0.594. The Morgan fingerprint density at radius 2 is 2.40 bits per heavy atom. The van der Waals surface area contributed by atoms with Crippen LogP contribution in [0.15, 0.2) is 24.3 Å². The number of amides is 1. The molecule has 0 aliphatic carbocycles. The highest BCUT2D eigenvalue weighted by Crippen LogP contribution is 2.23. The highest BCUT2D eigenvalue weighted by molar-refractivity contribution is 6.30. The highest BCUT2D eigenvalue weighted by atomic mass is 35.5. The van der Waals surface area contributed by atoms with Crippen molar-refractivity contribution in [2.24, 2.45) is 5.73 Å². The summed E-state index contributed by atoms with van der Waals surface area (Å²) in [6.45, 7) is 0.818. The molecule has 0 saturated carbocycles. The third-order valence-corrected chi connectivity index (χ3v) is 2.49. The standard InChI is InChI=1S/C10H11ClN2O2/c11-7-2-1-3-8(4-7)13-6-9(5-12)15-10(13)14/h1-4,9H,5-6,12H2. The fourth-order valence-electron chi connectivity index (χ4n) is 1.50. The van der Waals surface area contributed by atoms with E-state index < -0.39 is 0 Å². The summed E-state index contributed by atoms with van der Waals surface area (Å²) in [6, 6.07) is 7.08. The van der Waals surface area contributed by atoms with Crippen molar-refractivity contribution < 1.29 is 9.53 Å². The second kappa shape index (κ2) is 4.08. The molecule has 1 aromatic carbocycles. The maximum atomic E-state index is 11.5. The van der Waals surface area contributed by atoms with Gasteiger partial charge in [0.1, 0.15) is 6.10 Å². The molecular formula is C10H11ClN2O2. The lowest BCUT2D eigenvalue weighted by Gasteiger charge is -2.12. The van der Waals surface area contributed by atoms with E-state index in [1.807, 2.05) is 6.07 Å². The Hall–Kier alpha value is -1.26. The minimum absolute atomic E-state index is 0.225. The molecule has 4 nitrogen and oxygen atoms in total. The molecule has 2 N–H and O–H groups in total. The number of anilines is 1. The van der Waals surface area contributed by atoms with Crippen molar-refractivity contribution in [1.29, 1.82) is 0 Å². The van der Waals surface area contributed by atoms with Crippen LogP contribution in [0.4, 0.5) is 10.5 Å². The van der Waals surface area contributed by atoms with Gasteiger partial charge in [-0.15, -0.1) is 0 Å². The molecule has 1 aliphatic heterocycles. The van der Waals surface area contributed by atoms with Gasteiger partial charge in [0.05, 0.1) is 6.54 Å². The molecule has 15 heavy (non-hydrogen) atoms. The topological polar surface area (TPSA) is 55.6 Å². The summed E-state index contributed by atoms with van der Waals surface area (Å²) < 4.78 is 5.04. The van der Waals surface area contributed by atoms with Crippen molar-refractivity contribution in [3.8, 4) is 0 Å². The van der Waals surface area contributed by atoms with Crippen LogP contribution in [0.5, 0.6) is 0 Å². The SMILES string of the molecule is NCC1CN(c2cccc(Cl)c2)C(=O)O1. The van der Waals surface area contributed by atoms with E-state index in [0.717, 1.165) is 5.69 Å². The molecule has 0 aromatic heterocycles. The number of hydrogen-bond acceptors (Lipinski definition) is 3. The van der Waals surface area contributed by atoms with Gasteiger partial charge in [0.2, 0.25) is 0 Å². The number of benzene rings is 1. The molecular weight excluding hydrogens is 216 g/mol. The van der Waals surface area contributed by atoms with Gasteiger partial charge in [-0.3, -0.25) is 4.90 Å². The van der Waals surface area contributed by atoms with E-state index >= 15 is 0 Å². The lowest BCUT2D eigenvalue weighted by molar-refractivity contribution is 0.145. The number of ether oxygens (including phenoxy) is 1. The molecule has 1 unspecified atom stereocenters. The normalized spacial score (nSPS) is 20.5. The predicted molar refractivity (Wildman–Crippen MR) is 58.1 cm³/mol. The number of rotatable bonds is 2. The Balaban J connectivity index is 2.21. The molecule has 1 heterocycles. The summed E-state index contributed by atoms with van der Waals surface area (Å²) in [6.07, 6.45) is -0.593. The van der Waals surface area contributed by atoms with Gasteiger partial charge in [0.15, 0.2) is 0 Å². The first-order chi connectivity index (χ1) is 7.20. The average molecular weight is 227 g/mol. The zero-order valence-electron chi connectivity index (χ0n) is 8.02. The van der Waals surface area contributed by atoms with E-state index in [2.05, 4.69) is 0 Å². The van der Waals surface area contributed by atoms with Crippen LogP contribution in [0.2, 0.25) is 5.02 Å². The highest BCUT2D eigenvalue weighted by Gasteiger charge is 2.31. The fraction of sp³-hybridized carbons (Fsp3) is 0.300. The second-order valence-corrected chi connectivity index (χ2v) is 3.77. The Bertz CT molecular complexity index is 383. The van der Waals surface area contributed by atoms with E-state index in [1.54, 1.807) is 18.2 Å². The second-order valence-electron chi connectivity index (χ2n) is 3.33. The number of carbonyl (C=O) groups is 1. The van der Waals surface area contributed by atoms with Crippen molar-refractivity contribution in [2.45, 2.75) is 6.10 Å². The van der Waals surface area contributed by atoms with Gasteiger partial charge >= 0.3 is 6.09 Å². The van der Waals surface area contributed by atoms with Crippen LogP contribution in [-0.4, -0.2) is 25.3 Å². The smallest absolute Gasteiger partial charge is 0.414 e. The van der Waals surface area contributed by atoms with E-state index in [1.165, 1.54) is 4.90 Å². The minimum atomic E-state index is -0.368. The number of nitrogens with two attached hydrogens (primary N) is 1. The number of carbonyl (C=O) groups excluding carboxylic acids is 1. The lowest BCUT2D eigenvalue weighted by atomic mass is 10.3. The first-order valence-corrected chi connectivity index (χ1v) is 5.02. The zero-order valence-corrected chi connectivity index (χ0v) is 8.78. The van der Waals surface area contributed by atoms with Gasteiger partial charge in [0.25, 0.3) is 0 Å². The van der Waals surface area contributed by atoms with E-state index in [0.29, 0.717) is 18.1 Å². The zero-order chi connectivity index (χ0) is 10.8. The van der Waals surface area contributed by atoms with E-state index in [4.69, 9.17) is 22.1 Å². The molecule has 0 radical (unpaired) electrons. The van der Waals surface area contributed by atoms with Gasteiger partial charge in [-0.1, -0.05) is 17.7 Å². The molecule has 5 heteroatoms. The fourth-order valence-corrected chi connectivity index (χ4v) is 1.68. The minimum Gasteiger partial charge on any atom is -0.443 e. The molecule has 1 fully saturated rings. The largest absolute Gasteiger partial charge is 0.443 e. The van der Waals surface area contributed by atoms with Gasteiger partial charge in [-0.25, -0.2) is 4.79 Å². The summed E-state index contributed by atoms with van der Waals surface area (Å²) in [5.74, 6) is 0. The van der Waals surface area contributed by atoms with E-state index in [-0.39, 0.29) is 12.2 Å². The monoisotopic (exact) mass is 226 g/mol. The van der Waals surface area contributed by atoms with Crippen molar-refractivity contribution in [1.82, 2.24) is 0 Å². The van der Waals surface area contributed by atoms with Crippen molar-refractivity contribution in [3.63, 3.8) is 0 Å².